The van der Waals surface area contributed by atoms with Gasteiger partial charge < -0.3 is 9.80 Å². The molecule has 1 saturated heterocycles. The van der Waals surface area contributed by atoms with Crippen LogP contribution in [0, 0.1) is 12.8 Å². The lowest BCUT2D eigenvalue weighted by atomic mass is 9.92. The van der Waals surface area contributed by atoms with Crippen molar-refractivity contribution in [1.82, 2.24) is 14.8 Å². The van der Waals surface area contributed by atoms with Crippen LogP contribution in [0.2, 0.25) is 0 Å². The molecule has 1 aromatic heterocycles. The standard InChI is InChI=1S/C22H27N3O2/c1-16-8-7-13-23-20(16)21(18-9-5-4-6-10-18)24(3)22(27)19-11-14-25(15-12-19)17(2)26/h4-10,13,19,21H,11-12,14-15H2,1-3H3. The number of hydrogen-bond acceptors (Lipinski definition) is 3. The Kier molecular flexibility index (Phi) is 5.89. The monoisotopic (exact) mass is 365 g/mol. The molecular formula is C22H27N3O2. The van der Waals surface area contributed by atoms with Crippen LogP contribution in [0.1, 0.15) is 42.6 Å². The molecule has 1 aliphatic rings. The van der Waals surface area contributed by atoms with Crippen LogP contribution in [0.4, 0.5) is 0 Å². The number of piperidine rings is 1. The summed E-state index contributed by atoms with van der Waals surface area (Å²) in [5, 5.41) is 0. The maximum atomic E-state index is 13.3. The molecular weight excluding hydrogens is 338 g/mol. The fraction of sp³-hybridized carbons (Fsp3) is 0.409. The molecule has 2 heterocycles. The first-order valence-corrected chi connectivity index (χ1v) is 9.47. The van der Waals surface area contributed by atoms with Crippen LogP contribution in [0.3, 0.4) is 0 Å². The Morgan fingerprint density at radius 1 is 1.11 bits per heavy atom. The molecule has 1 aliphatic heterocycles. The van der Waals surface area contributed by atoms with Crippen molar-refractivity contribution in [1.29, 1.82) is 0 Å². The van der Waals surface area contributed by atoms with Crippen LogP contribution in [-0.2, 0) is 9.59 Å². The van der Waals surface area contributed by atoms with Gasteiger partial charge in [0, 0.05) is 39.2 Å². The molecule has 2 amide bonds. The van der Waals surface area contributed by atoms with Gasteiger partial charge in [-0.05, 0) is 37.0 Å². The fourth-order valence-electron chi connectivity index (χ4n) is 3.84. The summed E-state index contributed by atoms with van der Waals surface area (Å²) in [6, 6.07) is 13.8. The van der Waals surface area contributed by atoms with Crippen molar-refractivity contribution in [2.75, 3.05) is 20.1 Å². The molecule has 5 heteroatoms. The molecule has 2 aromatic rings. The smallest absolute Gasteiger partial charge is 0.226 e. The zero-order valence-electron chi connectivity index (χ0n) is 16.3. The van der Waals surface area contributed by atoms with E-state index in [0.29, 0.717) is 25.9 Å². The second kappa shape index (κ2) is 8.33. The average molecular weight is 365 g/mol. The summed E-state index contributed by atoms with van der Waals surface area (Å²) in [6.45, 7) is 4.92. The molecule has 0 N–H and O–H groups in total. The average Bonchev–Trinajstić information content (AvgIpc) is 2.70. The molecule has 1 atom stereocenters. The minimum atomic E-state index is -0.217. The number of likely N-dealkylation sites (tertiary alicyclic amines) is 1. The van der Waals surface area contributed by atoms with Gasteiger partial charge in [-0.2, -0.15) is 0 Å². The highest BCUT2D eigenvalue weighted by molar-refractivity contribution is 5.80. The second-order valence-electron chi connectivity index (χ2n) is 7.25. The number of carbonyl (C=O) groups excluding carboxylic acids is 2. The van der Waals surface area contributed by atoms with Crippen LogP contribution in [0.25, 0.3) is 0 Å². The highest BCUT2D eigenvalue weighted by Gasteiger charge is 2.33. The van der Waals surface area contributed by atoms with Crippen LogP contribution >= 0.6 is 0 Å². The van der Waals surface area contributed by atoms with Gasteiger partial charge in [-0.25, -0.2) is 0 Å². The van der Waals surface area contributed by atoms with E-state index in [1.807, 2.05) is 66.2 Å². The number of rotatable bonds is 4. The summed E-state index contributed by atoms with van der Waals surface area (Å²) in [6.07, 6.45) is 3.21. The number of benzene rings is 1. The van der Waals surface area contributed by atoms with Gasteiger partial charge >= 0.3 is 0 Å². The first-order valence-electron chi connectivity index (χ1n) is 9.47. The minimum Gasteiger partial charge on any atom is -0.343 e. The molecule has 0 saturated carbocycles. The predicted molar refractivity (Wildman–Crippen MR) is 105 cm³/mol. The number of pyridine rings is 1. The van der Waals surface area contributed by atoms with Crippen LogP contribution < -0.4 is 0 Å². The van der Waals surface area contributed by atoms with Crippen molar-refractivity contribution in [3.05, 3.63) is 65.5 Å². The summed E-state index contributed by atoms with van der Waals surface area (Å²) >= 11 is 0. The topological polar surface area (TPSA) is 53.5 Å². The quantitative estimate of drug-likeness (QED) is 0.836. The van der Waals surface area contributed by atoms with E-state index in [4.69, 9.17) is 0 Å². The molecule has 1 unspecified atom stereocenters. The van der Waals surface area contributed by atoms with Crippen molar-refractivity contribution in [2.45, 2.75) is 32.7 Å². The molecule has 27 heavy (non-hydrogen) atoms. The van der Waals surface area contributed by atoms with Crippen molar-refractivity contribution >= 4 is 11.8 Å². The largest absolute Gasteiger partial charge is 0.343 e. The zero-order chi connectivity index (χ0) is 19.4. The van der Waals surface area contributed by atoms with Gasteiger partial charge in [0.2, 0.25) is 11.8 Å². The van der Waals surface area contributed by atoms with Crippen molar-refractivity contribution in [3.8, 4) is 0 Å². The van der Waals surface area contributed by atoms with E-state index < -0.39 is 0 Å². The lowest BCUT2D eigenvalue weighted by Crippen LogP contribution is -2.44. The van der Waals surface area contributed by atoms with E-state index in [1.54, 1.807) is 13.1 Å². The van der Waals surface area contributed by atoms with Crippen molar-refractivity contribution in [2.24, 2.45) is 5.92 Å². The number of aromatic nitrogens is 1. The SMILES string of the molecule is CC(=O)N1CCC(C(=O)N(C)C(c2ccccc2)c2ncccc2C)CC1. The first-order chi connectivity index (χ1) is 13.0. The normalized spacial score (nSPS) is 16.0. The number of aryl methyl sites for hydroxylation is 1. The Hall–Kier alpha value is -2.69. The number of hydrogen-bond donors (Lipinski definition) is 0. The van der Waals surface area contributed by atoms with E-state index in [-0.39, 0.29) is 23.8 Å². The summed E-state index contributed by atoms with van der Waals surface area (Å²) in [5.74, 6) is 0.151. The van der Waals surface area contributed by atoms with E-state index in [2.05, 4.69) is 4.98 Å². The number of nitrogens with zero attached hydrogens (tertiary/aromatic N) is 3. The zero-order valence-corrected chi connectivity index (χ0v) is 16.3. The van der Waals surface area contributed by atoms with E-state index in [0.717, 1.165) is 16.8 Å². The summed E-state index contributed by atoms with van der Waals surface area (Å²) in [5.41, 5.74) is 3.02. The van der Waals surface area contributed by atoms with Crippen LogP contribution in [0.15, 0.2) is 48.7 Å². The van der Waals surface area contributed by atoms with Gasteiger partial charge in [-0.15, -0.1) is 0 Å². The van der Waals surface area contributed by atoms with Crippen LogP contribution in [0.5, 0.6) is 0 Å². The first kappa shape index (κ1) is 19.1. The lowest BCUT2D eigenvalue weighted by Gasteiger charge is -2.36. The van der Waals surface area contributed by atoms with Crippen molar-refractivity contribution < 1.29 is 9.59 Å². The molecule has 1 fully saturated rings. The fourth-order valence-corrected chi connectivity index (χ4v) is 3.84. The van der Waals surface area contributed by atoms with E-state index in [1.165, 1.54) is 0 Å². The summed E-state index contributed by atoms with van der Waals surface area (Å²) < 4.78 is 0. The van der Waals surface area contributed by atoms with E-state index >= 15 is 0 Å². The highest BCUT2D eigenvalue weighted by Crippen LogP contribution is 2.31. The molecule has 1 aromatic carbocycles. The molecule has 5 nitrogen and oxygen atoms in total. The maximum Gasteiger partial charge on any atom is 0.226 e. The molecule has 0 aliphatic carbocycles. The van der Waals surface area contributed by atoms with Crippen LogP contribution in [-0.4, -0.2) is 46.7 Å². The van der Waals surface area contributed by atoms with Gasteiger partial charge in [0.15, 0.2) is 0 Å². The second-order valence-corrected chi connectivity index (χ2v) is 7.25. The number of amides is 2. The van der Waals surface area contributed by atoms with Gasteiger partial charge in [-0.1, -0.05) is 36.4 Å². The molecule has 0 bridgehead atoms. The molecule has 142 valence electrons. The third-order valence-electron chi connectivity index (χ3n) is 5.45. The molecule has 0 spiro atoms. The molecule has 3 rings (SSSR count). The van der Waals surface area contributed by atoms with Gasteiger partial charge in [0.1, 0.15) is 0 Å². The third-order valence-corrected chi connectivity index (χ3v) is 5.45. The Morgan fingerprint density at radius 2 is 1.78 bits per heavy atom. The maximum absolute atomic E-state index is 13.3. The Labute approximate surface area is 161 Å². The Bertz CT molecular complexity index is 798. The van der Waals surface area contributed by atoms with Gasteiger partial charge in [0.05, 0.1) is 11.7 Å². The van der Waals surface area contributed by atoms with E-state index in [9.17, 15) is 9.59 Å². The van der Waals surface area contributed by atoms with Gasteiger partial charge in [0.25, 0.3) is 0 Å². The van der Waals surface area contributed by atoms with Gasteiger partial charge in [-0.3, -0.25) is 14.6 Å². The highest BCUT2D eigenvalue weighted by atomic mass is 16.2. The molecule has 0 radical (unpaired) electrons. The minimum absolute atomic E-state index is 0.0548. The predicted octanol–water partition coefficient (Wildman–Crippen LogP) is 3.20. The summed E-state index contributed by atoms with van der Waals surface area (Å²) in [4.78, 5) is 33.1. The third kappa shape index (κ3) is 4.18. The number of carbonyl (C=O) groups is 2. The Balaban J connectivity index is 1.86. The van der Waals surface area contributed by atoms with Crippen molar-refractivity contribution in [3.63, 3.8) is 0 Å². The summed E-state index contributed by atoms with van der Waals surface area (Å²) in [7, 11) is 1.87. The Morgan fingerprint density at radius 3 is 2.37 bits per heavy atom. The lowest BCUT2D eigenvalue weighted by molar-refractivity contribution is -0.140.